The quantitative estimate of drug-likeness (QED) is 0.607. The monoisotopic (exact) mass is 317 g/mol. The van der Waals surface area contributed by atoms with E-state index in [4.69, 9.17) is 11.5 Å². The van der Waals surface area contributed by atoms with Crippen molar-refractivity contribution in [1.82, 2.24) is 14.5 Å². The molecule has 0 spiro atoms. The van der Waals surface area contributed by atoms with Crippen LogP contribution in [-0.2, 0) is 13.0 Å². The van der Waals surface area contributed by atoms with Crippen LogP contribution in [0, 0.1) is 0 Å². The Hall–Kier alpha value is -3.08. The van der Waals surface area contributed by atoms with Crippen molar-refractivity contribution in [2.45, 2.75) is 19.9 Å². The lowest BCUT2D eigenvalue weighted by Gasteiger charge is -2.06. The number of aromatic nitrogens is 3. The Morgan fingerprint density at radius 1 is 1.00 bits per heavy atom. The molecule has 24 heavy (non-hydrogen) atoms. The van der Waals surface area contributed by atoms with Gasteiger partial charge in [-0.15, -0.1) is 0 Å². The third-order valence-corrected chi connectivity index (χ3v) is 4.46. The van der Waals surface area contributed by atoms with Crippen molar-refractivity contribution in [2.24, 2.45) is 0 Å². The number of para-hydroxylation sites is 1. The Morgan fingerprint density at radius 2 is 1.79 bits per heavy atom. The first-order chi connectivity index (χ1) is 11.7. The summed E-state index contributed by atoms with van der Waals surface area (Å²) in [6, 6.07) is 15.1. The van der Waals surface area contributed by atoms with Crippen molar-refractivity contribution >= 4 is 33.6 Å². The summed E-state index contributed by atoms with van der Waals surface area (Å²) in [7, 11) is 0. The van der Waals surface area contributed by atoms with Crippen molar-refractivity contribution in [3.63, 3.8) is 0 Å². The molecule has 0 fully saturated rings. The van der Waals surface area contributed by atoms with Crippen LogP contribution in [0.3, 0.4) is 0 Å². The summed E-state index contributed by atoms with van der Waals surface area (Å²) in [5.74, 6) is 0.649. The highest BCUT2D eigenvalue weighted by atomic mass is 15.0. The average Bonchev–Trinajstić information content (AvgIpc) is 2.90. The van der Waals surface area contributed by atoms with Crippen molar-refractivity contribution in [3.05, 3.63) is 59.8 Å². The van der Waals surface area contributed by atoms with E-state index in [-0.39, 0.29) is 5.95 Å². The number of rotatable bonds is 3. The molecule has 0 aliphatic heterocycles. The minimum absolute atomic E-state index is 0.206. The molecule has 0 atom stereocenters. The highest BCUT2D eigenvalue weighted by molar-refractivity contribution is 6.08. The van der Waals surface area contributed by atoms with Gasteiger partial charge in [0.1, 0.15) is 5.82 Å². The minimum Gasteiger partial charge on any atom is -0.383 e. The Kier molecular flexibility index (Phi) is 3.34. The molecule has 2 heterocycles. The molecule has 5 heteroatoms. The Balaban J connectivity index is 1.85. The Labute approximate surface area is 139 Å². The zero-order valence-corrected chi connectivity index (χ0v) is 13.5. The minimum atomic E-state index is 0.206. The third-order valence-electron chi connectivity index (χ3n) is 4.46. The van der Waals surface area contributed by atoms with Gasteiger partial charge in [-0.25, -0.2) is 4.98 Å². The topological polar surface area (TPSA) is 82.8 Å². The van der Waals surface area contributed by atoms with E-state index in [0.29, 0.717) is 12.2 Å². The fourth-order valence-electron chi connectivity index (χ4n) is 3.34. The molecule has 4 aromatic rings. The summed E-state index contributed by atoms with van der Waals surface area (Å²) in [5, 5.41) is 2.54. The second-order valence-electron chi connectivity index (χ2n) is 5.93. The summed E-state index contributed by atoms with van der Waals surface area (Å²) in [6.45, 7) is 3.12. The van der Waals surface area contributed by atoms with E-state index < -0.39 is 0 Å². The van der Waals surface area contributed by atoms with Crippen LogP contribution in [0.2, 0.25) is 0 Å². The van der Waals surface area contributed by atoms with Crippen LogP contribution in [0.5, 0.6) is 0 Å². The summed E-state index contributed by atoms with van der Waals surface area (Å²) < 4.78 is 2.34. The number of nitrogens with two attached hydrogens (primary N) is 2. The number of hydrogen-bond donors (Lipinski definition) is 2. The van der Waals surface area contributed by atoms with Crippen LogP contribution in [0.4, 0.5) is 11.8 Å². The summed E-state index contributed by atoms with van der Waals surface area (Å²) in [5.41, 5.74) is 16.1. The van der Waals surface area contributed by atoms with Crippen molar-refractivity contribution in [1.29, 1.82) is 0 Å². The van der Waals surface area contributed by atoms with E-state index in [1.165, 1.54) is 27.4 Å². The van der Waals surface area contributed by atoms with Gasteiger partial charge < -0.3 is 16.0 Å². The Bertz CT molecular complexity index is 1050. The van der Waals surface area contributed by atoms with Gasteiger partial charge >= 0.3 is 0 Å². The molecule has 0 aliphatic rings. The maximum Gasteiger partial charge on any atom is 0.221 e. The van der Waals surface area contributed by atoms with Gasteiger partial charge in [-0.3, -0.25) is 0 Å². The maximum absolute atomic E-state index is 5.96. The number of benzene rings is 2. The van der Waals surface area contributed by atoms with Crippen LogP contribution < -0.4 is 11.5 Å². The van der Waals surface area contributed by atoms with Gasteiger partial charge in [0.25, 0.3) is 0 Å². The molecule has 0 unspecified atom stereocenters. The molecular weight excluding hydrogens is 298 g/mol. The van der Waals surface area contributed by atoms with Gasteiger partial charge in [0.15, 0.2) is 0 Å². The summed E-state index contributed by atoms with van der Waals surface area (Å²) in [4.78, 5) is 8.09. The molecule has 4 N–H and O–H groups in total. The van der Waals surface area contributed by atoms with E-state index >= 15 is 0 Å². The molecule has 2 aromatic heterocycles. The predicted molar refractivity (Wildman–Crippen MR) is 98.8 cm³/mol. The second kappa shape index (κ2) is 5.53. The first-order valence-electron chi connectivity index (χ1n) is 8.04. The molecule has 0 amide bonds. The highest BCUT2D eigenvalue weighted by Gasteiger charge is 2.11. The number of nitrogens with zero attached hydrogens (tertiary/aromatic N) is 3. The van der Waals surface area contributed by atoms with Crippen molar-refractivity contribution in [2.75, 3.05) is 11.5 Å². The lowest BCUT2D eigenvalue weighted by Crippen LogP contribution is -2.04. The zero-order valence-electron chi connectivity index (χ0n) is 13.5. The second-order valence-corrected chi connectivity index (χ2v) is 5.93. The average molecular weight is 317 g/mol. The van der Waals surface area contributed by atoms with Crippen LogP contribution in [0.15, 0.2) is 48.7 Å². The van der Waals surface area contributed by atoms with Gasteiger partial charge in [-0.05, 0) is 30.7 Å². The number of aryl methyl sites for hydroxylation is 1. The van der Waals surface area contributed by atoms with Gasteiger partial charge in [0, 0.05) is 46.5 Å². The van der Waals surface area contributed by atoms with Gasteiger partial charge in [-0.2, -0.15) is 4.98 Å². The Morgan fingerprint density at radius 3 is 2.58 bits per heavy atom. The molecule has 120 valence electrons. The van der Waals surface area contributed by atoms with E-state index in [0.717, 1.165) is 12.1 Å². The third kappa shape index (κ3) is 2.25. The van der Waals surface area contributed by atoms with E-state index in [2.05, 4.69) is 63.9 Å². The summed E-state index contributed by atoms with van der Waals surface area (Å²) >= 11 is 0. The number of hydrogen-bond acceptors (Lipinski definition) is 4. The zero-order chi connectivity index (χ0) is 16.7. The molecule has 0 aliphatic carbocycles. The standard InChI is InChI=1S/C19H19N5/c1-2-24-16-6-4-3-5-14(16)15-10-12(7-8-17(15)24)9-13-11-22-19(21)23-18(13)20/h3-8,10-11H,2,9H2,1H3,(H4,20,21,22,23). The lowest BCUT2D eigenvalue weighted by molar-refractivity contribution is 0.827. The largest absolute Gasteiger partial charge is 0.383 e. The first-order valence-corrected chi connectivity index (χ1v) is 8.04. The molecule has 0 radical (unpaired) electrons. The van der Waals surface area contributed by atoms with Crippen molar-refractivity contribution in [3.8, 4) is 0 Å². The number of nitrogen functional groups attached to an aromatic ring is 2. The van der Waals surface area contributed by atoms with Crippen LogP contribution in [0.1, 0.15) is 18.1 Å². The molecule has 4 rings (SSSR count). The molecular formula is C19H19N5. The molecule has 0 saturated heterocycles. The number of fused-ring (bicyclic) bond motifs is 3. The fourth-order valence-corrected chi connectivity index (χ4v) is 3.34. The maximum atomic E-state index is 5.96. The fraction of sp³-hybridized carbons (Fsp3) is 0.158. The van der Waals surface area contributed by atoms with E-state index in [1.807, 2.05) is 0 Å². The first kappa shape index (κ1) is 14.5. The number of anilines is 2. The normalized spacial score (nSPS) is 11.4. The van der Waals surface area contributed by atoms with Crippen LogP contribution >= 0.6 is 0 Å². The smallest absolute Gasteiger partial charge is 0.221 e. The van der Waals surface area contributed by atoms with E-state index in [1.54, 1.807) is 6.20 Å². The van der Waals surface area contributed by atoms with Crippen molar-refractivity contribution < 1.29 is 0 Å². The molecule has 5 nitrogen and oxygen atoms in total. The highest BCUT2D eigenvalue weighted by Crippen LogP contribution is 2.30. The molecule has 0 saturated carbocycles. The molecule has 2 aromatic carbocycles. The van der Waals surface area contributed by atoms with Crippen LogP contribution in [-0.4, -0.2) is 14.5 Å². The van der Waals surface area contributed by atoms with E-state index in [9.17, 15) is 0 Å². The van der Waals surface area contributed by atoms with Gasteiger partial charge in [0.05, 0.1) is 0 Å². The lowest BCUT2D eigenvalue weighted by atomic mass is 10.0. The van der Waals surface area contributed by atoms with Gasteiger partial charge in [-0.1, -0.05) is 24.3 Å². The van der Waals surface area contributed by atoms with Crippen LogP contribution in [0.25, 0.3) is 21.8 Å². The predicted octanol–water partition coefficient (Wildman–Crippen LogP) is 3.36. The summed E-state index contributed by atoms with van der Waals surface area (Å²) in [6.07, 6.45) is 2.39. The van der Waals surface area contributed by atoms with Gasteiger partial charge in [0.2, 0.25) is 5.95 Å². The molecule has 0 bridgehead atoms. The SMILES string of the molecule is CCn1c2ccccc2c2cc(Cc3cnc(N)nc3N)ccc21.